The molecule has 1 N–H and O–H groups in total. The Morgan fingerprint density at radius 2 is 2.13 bits per heavy atom. The third-order valence-corrected chi connectivity index (χ3v) is 3.56. The molecule has 0 fully saturated rings. The number of unbranched alkanes of at least 4 members (excludes halogenated alkanes) is 2. The lowest BCUT2D eigenvalue weighted by atomic mass is 10.1. The molecule has 0 aliphatic carbocycles. The summed E-state index contributed by atoms with van der Waals surface area (Å²) in [5, 5.41) is 28.5. The van der Waals surface area contributed by atoms with Gasteiger partial charge < -0.3 is 15.2 Å². The van der Waals surface area contributed by atoms with Crippen molar-refractivity contribution in [1.82, 2.24) is 24.5 Å². The lowest BCUT2D eigenvalue weighted by molar-refractivity contribution is -0.389. The third-order valence-electron chi connectivity index (χ3n) is 3.56. The molecule has 2 heterocycles. The van der Waals surface area contributed by atoms with E-state index in [1.807, 2.05) is 13.1 Å². The van der Waals surface area contributed by atoms with Crippen molar-refractivity contribution in [2.24, 2.45) is 5.92 Å². The van der Waals surface area contributed by atoms with Crippen molar-refractivity contribution in [2.45, 2.75) is 52.6 Å². The topological polar surface area (TPSA) is 112 Å². The summed E-state index contributed by atoms with van der Waals surface area (Å²) >= 11 is 0. The molecule has 2 rings (SSSR count). The van der Waals surface area contributed by atoms with Gasteiger partial charge in [-0.3, -0.25) is 9.25 Å². The van der Waals surface area contributed by atoms with E-state index in [1.165, 1.54) is 23.6 Å². The lowest BCUT2D eigenvalue weighted by Gasteiger charge is -2.10. The van der Waals surface area contributed by atoms with E-state index in [2.05, 4.69) is 22.2 Å². The molecule has 0 aromatic carbocycles. The van der Waals surface area contributed by atoms with Crippen molar-refractivity contribution in [2.75, 3.05) is 0 Å². The molecule has 9 nitrogen and oxygen atoms in total. The van der Waals surface area contributed by atoms with Crippen LogP contribution in [0.4, 0.5) is 5.82 Å². The third kappa shape index (κ3) is 4.76. The fourth-order valence-corrected chi connectivity index (χ4v) is 2.43. The highest BCUT2D eigenvalue weighted by Crippen LogP contribution is 2.18. The fourth-order valence-electron chi connectivity index (χ4n) is 2.43. The Hall–Kier alpha value is -2.45. The summed E-state index contributed by atoms with van der Waals surface area (Å²) in [6.45, 7) is 5.17. The molecule has 0 bridgehead atoms. The summed E-state index contributed by atoms with van der Waals surface area (Å²) < 4.78 is 3.15. The van der Waals surface area contributed by atoms with E-state index < -0.39 is 4.92 Å². The molecule has 2 aromatic rings. The second kappa shape index (κ2) is 7.70. The van der Waals surface area contributed by atoms with Crippen LogP contribution in [-0.2, 0) is 19.5 Å². The number of hydrogen-bond acceptors (Lipinski definition) is 6. The zero-order chi connectivity index (χ0) is 16.8. The molecule has 0 aliphatic heterocycles. The Balaban J connectivity index is 1.89. The molecule has 0 amide bonds. The molecular weight excluding hydrogens is 300 g/mol. The van der Waals surface area contributed by atoms with Gasteiger partial charge in [-0.15, -0.1) is 5.10 Å². The summed E-state index contributed by atoms with van der Waals surface area (Å²) in [4.78, 5) is 13.5. The molecule has 0 saturated carbocycles. The standard InChI is InChI=1S/C14H22N6O3/c1-3-4-5-6-12-9-19(17-16-12)8-11(2)7-18-10-13(20(22)23)15-14(18)21/h9-11H,3-8H2,1-2H3,(H,15,21)/t11-/m0/s1. The second-order valence-corrected chi connectivity index (χ2v) is 5.80. The van der Waals surface area contributed by atoms with Crippen molar-refractivity contribution in [3.05, 3.63) is 28.2 Å². The number of nitrogens with zero attached hydrogens (tertiary/aromatic N) is 6. The van der Waals surface area contributed by atoms with E-state index >= 15 is 0 Å². The average molecular weight is 322 g/mol. The number of aryl methyl sites for hydroxylation is 1. The minimum atomic E-state index is -0.624. The van der Waals surface area contributed by atoms with E-state index in [0.29, 0.717) is 13.1 Å². The van der Waals surface area contributed by atoms with Gasteiger partial charge in [-0.05, 0) is 23.7 Å². The number of aromatic hydroxyl groups is 1. The minimum Gasteiger partial charge on any atom is -0.461 e. The van der Waals surface area contributed by atoms with Crippen LogP contribution in [-0.4, -0.2) is 34.6 Å². The Morgan fingerprint density at radius 1 is 1.35 bits per heavy atom. The highest BCUT2D eigenvalue weighted by atomic mass is 16.6. The van der Waals surface area contributed by atoms with Crippen LogP contribution >= 0.6 is 0 Å². The first-order valence-electron chi connectivity index (χ1n) is 7.79. The van der Waals surface area contributed by atoms with Crippen LogP contribution in [0.5, 0.6) is 6.01 Å². The highest BCUT2D eigenvalue weighted by Gasteiger charge is 2.19. The van der Waals surface area contributed by atoms with Crippen LogP contribution in [0.1, 0.15) is 38.8 Å². The van der Waals surface area contributed by atoms with Crippen LogP contribution in [0.15, 0.2) is 12.4 Å². The van der Waals surface area contributed by atoms with Gasteiger partial charge in [-0.1, -0.05) is 31.9 Å². The Labute approximate surface area is 134 Å². The van der Waals surface area contributed by atoms with Gasteiger partial charge in [0.2, 0.25) is 0 Å². The van der Waals surface area contributed by atoms with E-state index in [0.717, 1.165) is 18.5 Å². The SMILES string of the molecule is CCCCCc1cn(C[C@@H](C)Cn2cc([N+](=O)[O-])nc2O)nn1. The molecule has 126 valence electrons. The maximum Gasteiger partial charge on any atom is 0.411 e. The smallest absolute Gasteiger partial charge is 0.411 e. The fraction of sp³-hybridized carbons (Fsp3) is 0.643. The summed E-state index contributed by atoms with van der Waals surface area (Å²) in [7, 11) is 0. The van der Waals surface area contributed by atoms with Gasteiger partial charge in [0.25, 0.3) is 0 Å². The highest BCUT2D eigenvalue weighted by molar-refractivity contribution is 5.19. The molecule has 9 heteroatoms. The van der Waals surface area contributed by atoms with Gasteiger partial charge in [0.05, 0.1) is 5.69 Å². The van der Waals surface area contributed by atoms with Gasteiger partial charge in [0, 0.05) is 24.3 Å². The zero-order valence-electron chi connectivity index (χ0n) is 13.4. The first-order chi connectivity index (χ1) is 11.0. The monoisotopic (exact) mass is 322 g/mol. The van der Waals surface area contributed by atoms with E-state index in [4.69, 9.17) is 0 Å². The first-order valence-corrected chi connectivity index (χ1v) is 7.79. The Morgan fingerprint density at radius 3 is 2.78 bits per heavy atom. The molecule has 0 saturated heterocycles. The Kier molecular flexibility index (Phi) is 5.67. The molecule has 0 radical (unpaired) electrons. The lowest BCUT2D eigenvalue weighted by Crippen LogP contribution is -2.14. The van der Waals surface area contributed by atoms with Crippen LogP contribution in [0.25, 0.3) is 0 Å². The van der Waals surface area contributed by atoms with Crippen molar-refractivity contribution >= 4 is 5.82 Å². The van der Waals surface area contributed by atoms with Gasteiger partial charge in [-0.25, -0.2) is 0 Å². The van der Waals surface area contributed by atoms with Crippen LogP contribution in [0, 0.1) is 16.0 Å². The maximum atomic E-state index is 10.7. The molecule has 0 spiro atoms. The molecule has 1 atom stereocenters. The zero-order valence-corrected chi connectivity index (χ0v) is 13.4. The summed E-state index contributed by atoms with van der Waals surface area (Å²) in [6.07, 6.45) is 7.56. The predicted molar refractivity (Wildman–Crippen MR) is 83.0 cm³/mol. The van der Waals surface area contributed by atoms with Gasteiger partial charge in [-0.2, -0.15) is 0 Å². The summed E-state index contributed by atoms with van der Waals surface area (Å²) in [6, 6.07) is -0.345. The predicted octanol–water partition coefficient (Wildman–Crippen LogP) is 2.16. The first kappa shape index (κ1) is 16.9. The molecule has 23 heavy (non-hydrogen) atoms. The van der Waals surface area contributed by atoms with Crippen LogP contribution < -0.4 is 0 Å². The van der Waals surface area contributed by atoms with E-state index in [-0.39, 0.29) is 17.7 Å². The normalized spacial score (nSPS) is 12.4. The van der Waals surface area contributed by atoms with Crippen molar-refractivity contribution in [1.29, 1.82) is 0 Å². The second-order valence-electron chi connectivity index (χ2n) is 5.80. The maximum absolute atomic E-state index is 10.7. The van der Waals surface area contributed by atoms with Gasteiger partial charge in [0.15, 0.2) is 0 Å². The van der Waals surface area contributed by atoms with E-state index in [1.54, 1.807) is 4.68 Å². The molecule has 0 unspecified atom stereocenters. The van der Waals surface area contributed by atoms with Gasteiger partial charge >= 0.3 is 11.8 Å². The van der Waals surface area contributed by atoms with E-state index in [9.17, 15) is 15.2 Å². The minimum absolute atomic E-state index is 0.111. The summed E-state index contributed by atoms with van der Waals surface area (Å²) in [5.41, 5.74) is 0.978. The van der Waals surface area contributed by atoms with Gasteiger partial charge in [0.1, 0.15) is 6.20 Å². The van der Waals surface area contributed by atoms with Crippen molar-refractivity contribution in [3.63, 3.8) is 0 Å². The largest absolute Gasteiger partial charge is 0.461 e. The number of rotatable bonds is 9. The Bertz CT molecular complexity index is 651. The quantitative estimate of drug-likeness (QED) is 0.430. The molecule has 2 aromatic heterocycles. The van der Waals surface area contributed by atoms with Crippen molar-refractivity contribution in [3.8, 4) is 6.01 Å². The molecule has 0 aliphatic rings. The van der Waals surface area contributed by atoms with Crippen molar-refractivity contribution < 1.29 is 10.0 Å². The number of imidazole rings is 1. The summed E-state index contributed by atoms with van der Waals surface area (Å²) in [5.74, 6) is -0.242. The number of aromatic nitrogens is 5. The number of hydrogen-bond donors (Lipinski definition) is 1. The number of nitro groups is 1. The van der Waals surface area contributed by atoms with Crippen LogP contribution in [0.3, 0.4) is 0 Å². The average Bonchev–Trinajstić information content (AvgIpc) is 3.07. The van der Waals surface area contributed by atoms with Crippen LogP contribution in [0.2, 0.25) is 0 Å². The molecular formula is C14H22N6O3.